The van der Waals surface area contributed by atoms with E-state index in [0.29, 0.717) is 0 Å². The van der Waals surface area contributed by atoms with Crippen LogP contribution in [-0.2, 0) is 0 Å². The molecule has 0 bridgehead atoms. The Morgan fingerprint density at radius 2 is 1.93 bits per heavy atom. The lowest BCUT2D eigenvalue weighted by molar-refractivity contribution is 0.390. The van der Waals surface area contributed by atoms with Gasteiger partial charge in [0, 0.05) is 0 Å². The second-order valence-corrected chi connectivity index (χ2v) is 4.63. The molecule has 0 aromatic rings. The molecule has 80 valence electrons. The van der Waals surface area contributed by atoms with Crippen molar-refractivity contribution in [1.29, 1.82) is 0 Å². The number of rotatable bonds is 6. The minimum absolute atomic E-state index is 0.204. The Morgan fingerprint density at radius 1 is 1.21 bits per heavy atom. The number of isothiocyanates is 1. The molecule has 1 saturated carbocycles. The van der Waals surface area contributed by atoms with Gasteiger partial charge in [0.25, 0.3) is 0 Å². The highest BCUT2D eigenvalue weighted by molar-refractivity contribution is 7.78. The lowest BCUT2D eigenvalue weighted by atomic mass is 9.91. The van der Waals surface area contributed by atoms with Crippen LogP contribution in [0.15, 0.2) is 4.99 Å². The number of thiocarbonyl (C=S) groups is 1. The highest BCUT2D eigenvalue weighted by atomic mass is 32.1. The first kappa shape index (κ1) is 11.9. The van der Waals surface area contributed by atoms with Gasteiger partial charge >= 0.3 is 0 Å². The Labute approximate surface area is 93.0 Å². The molecule has 1 rings (SSSR count). The number of unbranched alkanes of at least 4 members (excludes halogenated alkanes) is 3. The number of aliphatic imine (C=N–C) groups is 1. The summed E-state index contributed by atoms with van der Waals surface area (Å²) in [5.41, 5.74) is 0.204. The van der Waals surface area contributed by atoms with Crippen molar-refractivity contribution in [2.45, 2.75) is 70.3 Å². The molecule has 2 heteroatoms. The summed E-state index contributed by atoms with van der Waals surface area (Å²) in [6, 6.07) is 0. The zero-order valence-electron chi connectivity index (χ0n) is 9.22. The van der Waals surface area contributed by atoms with Crippen molar-refractivity contribution in [1.82, 2.24) is 0 Å². The minimum atomic E-state index is 0.204. The first-order valence-electron chi connectivity index (χ1n) is 5.92. The molecule has 1 fully saturated rings. The van der Waals surface area contributed by atoms with E-state index in [4.69, 9.17) is 12.2 Å². The van der Waals surface area contributed by atoms with Crippen LogP contribution in [0.4, 0.5) is 0 Å². The fourth-order valence-electron chi connectivity index (χ4n) is 2.43. The third-order valence-electron chi connectivity index (χ3n) is 3.31. The van der Waals surface area contributed by atoms with Gasteiger partial charge in [-0.3, -0.25) is 0 Å². The molecule has 1 nitrogen and oxygen atoms in total. The van der Waals surface area contributed by atoms with E-state index in [-0.39, 0.29) is 5.54 Å². The normalized spacial score (nSPS) is 19.2. The Bertz CT molecular complexity index is 200. The smallest absolute Gasteiger partial charge is 0.0711 e. The molecule has 1 aliphatic rings. The van der Waals surface area contributed by atoms with E-state index < -0.39 is 0 Å². The van der Waals surface area contributed by atoms with Gasteiger partial charge in [-0.2, -0.15) is 0 Å². The lowest BCUT2D eigenvalue weighted by Crippen LogP contribution is -2.21. The van der Waals surface area contributed by atoms with E-state index >= 15 is 0 Å². The van der Waals surface area contributed by atoms with E-state index in [1.54, 1.807) is 0 Å². The molecule has 14 heavy (non-hydrogen) atoms. The van der Waals surface area contributed by atoms with Crippen LogP contribution in [0.2, 0.25) is 0 Å². The van der Waals surface area contributed by atoms with Gasteiger partial charge in [0.2, 0.25) is 0 Å². The molecule has 0 spiro atoms. The van der Waals surface area contributed by atoms with Gasteiger partial charge < -0.3 is 0 Å². The van der Waals surface area contributed by atoms with Crippen LogP contribution in [0.3, 0.4) is 0 Å². The van der Waals surface area contributed by atoms with Crippen LogP contribution >= 0.6 is 12.2 Å². The van der Waals surface area contributed by atoms with Gasteiger partial charge in [-0.1, -0.05) is 45.4 Å². The average molecular weight is 211 g/mol. The van der Waals surface area contributed by atoms with Gasteiger partial charge in [-0.25, -0.2) is 4.99 Å². The van der Waals surface area contributed by atoms with Crippen LogP contribution in [0.5, 0.6) is 0 Å². The summed E-state index contributed by atoms with van der Waals surface area (Å²) >= 11 is 4.75. The Kier molecular flexibility index (Phi) is 5.36. The predicted octanol–water partition coefficient (Wildman–Crippen LogP) is 4.37. The summed E-state index contributed by atoms with van der Waals surface area (Å²) in [7, 11) is 0. The van der Waals surface area contributed by atoms with E-state index in [0.717, 1.165) is 0 Å². The molecule has 0 saturated heterocycles. The molecule has 0 radical (unpaired) electrons. The zero-order valence-corrected chi connectivity index (χ0v) is 10.0. The van der Waals surface area contributed by atoms with Crippen molar-refractivity contribution in [3.8, 4) is 0 Å². The fraction of sp³-hybridized carbons (Fsp3) is 0.917. The fourth-order valence-corrected chi connectivity index (χ4v) is 2.62. The van der Waals surface area contributed by atoms with Gasteiger partial charge in [0.05, 0.1) is 10.7 Å². The summed E-state index contributed by atoms with van der Waals surface area (Å²) in [5, 5.41) is 2.60. The van der Waals surface area contributed by atoms with Gasteiger partial charge in [0.1, 0.15) is 0 Å². The largest absolute Gasteiger partial charge is 0.226 e. The number of hydrogen-bond donors (Lipinski definition) is 0. The second-order valence-electron chi connectivity index (χ2n) is 4.45. The van der Waals surface area contributed by atoms with Crippen LogP contribution in [0.1, 0.15) is 64.7 Å². The Morgan fingerprint density at radius 3 is 2.50 bits per heavy atom. The molecule has 0 amide bonds. The van der Waals surface area contributed by atoms with Crippen molar-refractivity contribution in [2.24, 2.45) is 4.99 Å². The van der Waals surface area contributed by atoms with Gasteiger partial charge in [0.15, 0.2) is 0 Å². The maximum Gasteiger partial charge on any atom is 0.0711 e. The van der Waals surface area contributed by atoms with Crippen molar-refractivity contribution in [3.05, 3.63) is 0 Å². The third-order valence-corrected chi connectivity index (χ3v) is 3.40. The highest BCUT2D eigenvalue weighted by Crippen LogP contribution is 2.37. The minimum Gasteiger partial charge on any atom is -0.226 e. The second kappa shape index (κ2) is 6.31. The van der Waals surface area contributed by atoms with Crippen molar-refractivity contribution in [3.63, 3.8) is 0 Å². The first-order valence-corrected chi connectivity index (χ1v) is 6.33. The molecule has 0 unspecified atom stereocenters. The molecular weight excluding hydrogens is 190 g/mol. The molecule has 0 aliphatic heterocycles. The quantitative estimate of drug-likeness (QED) is 0.361. The van der Waals surface area contributed by atoms with Crippen molar-refractivity contribution in [2.75, 3.05) is 0 Å². The highest BCUT2D eigenvalue weighted by Gasteiger charge is 2.32. The molecule has 0 N–H and O–H groups in total. The summed E-state index contributed by atoms with van der Waals surface area (Å²) in [6.45, 7) is 2.25. The summed E-state index contributed by atoms with van der Waals surface area (Å²) in [4.78, 5) is 4.42. The monoisotopic (exact) mass is 211 g/mol. The standard InChI is InChI=1S/C12H21NS/c1-2-3-4-5-8-12(13-11-14)9-6-7-10-12/h2-10H2,1H3. The molecule has 0 heterocycles. The number of hydrogen-bond acceptors (Lipinski definition) is 2. The number of nitrogens with zero attached hydrogens (tertiary/aromatic N) is 1. The van der Waals surface area contributed by atoms with E-state index in [1.165, 1.54) is 57.8 Å². The topological polar surface area (TPSA) is 12.4 Å². The predicted molar refractivity (Wildman–Crippen MR) is 65.0 cm³/mol. The first-order chi connectivity index (χ1) is 6.83. The van der Waals surface area contributed by atoms with Crippen LogP contribution in [-0.4, -0.2) is 10.7 Å². The third kappa shape index (κ3) is 3.51. The van der Waals surface area contributed by atoms with E-state index in [2.05, 4.69) is 17.1 Å². The van der Waals surface area contributed by atoms with Crippen molar-refractivity contribution < 1.29 is 0 Å². The van der Waals surface area contributed by atoms with Crippen LogP contribution < -0.4 is 0 Å². The summed E-state index contributed by atoms with van der Waals surface area (Å²) in [5.74, 6) is 0. The van der Waals surface area contributed by atoms with Gasteiger partial charge in [-0.05, 0) is 31.5 Å². The maximum absolute atomic E-state index is 4.75. The summed E-state index contributed by atoms with van der Waals surface area (Å²) < 4.78 is 0. The van der Waals surface area contributed by atoms with E-state index in [9.17, 15) is 0 Å². The molecule has 0 aromatic heterocycles. The molecule has 0 atom stereocenters. The van der Waals surface area contributed by atoms with Gasteiger partial charge in [-0.15, -0.1) is 0 Å². The van der Waals surface area contributed by atoms with Crippen molar-refractivity contribution >= 4 is 17.4 Å². The van der Waals surface area contributed by atoms with Crippen LogP contribution in [0, 0.1) is 0 Å². The summed E-state index contributed by atoms with van der Waals surface area (Å²) in [6.07, 6.45) is 11.7. The van der Waals surface area contributed by atoms with Crippen LogP contribution in [0.25, 0.3) is 0 Å². The van der Waals surface area contributed by atoms with E-state index in [1.807, 2.05) is 0 Å². The molecule has 1 aliphatic carbocycles. The SMILES string of the molecule is CCCCCCC1(N=C=S)CCCC1. The molecule has 0 aromatic carbocycles. The molecular formula is C12H21NS. The Hall–Kier alpha value is -0.200. The maximum atomic E-state index is 4.75. The zero-order chi connectivity index (χ0) is 10.3. The lowest BCUT2D eigenvalue weighted by Gasteiger charge is -2.22. The Balaban J connectivity index is 2.32. The average Bonchev–Trinajstić information content (AvgIpc) is 2.63.